The topological polar surface area (TPSA) is 55.0 Å². The molecule has 0 saturated heterocycles. The predicted octanol–water partition coefficient (Wildman–Crippen LogP) is 3.70. The van der Waals surface area contributed by atoms with Crippen LogP contribution in [0.4, 0.5) is 17.3 Å². The van der Waals surface area contributed by atoms with E-state index in [2.05, 4.69) is 48.9 Å². The van der Waals surface area contributed by atoms with Gasteiger partial charge in [-0.1, -0.05) is 24.6 Å². The van der Waals surface area contributed by atoms with Crippen molar-refractivity contribution in [2.24, 2.45) is 0 Å². The van der Waals surface area contributed by atoms with E-state index in [1.165, 1.54) is 11.1 Å². The summed E-state index contributed by atoms with van der Waals surface area (Å²) in [6.07, 6.45) is 1.85. The van der Waals surface area contributed by atoms with Crippen LogP contribution in [0.2, 0.25) is 0 Å². The summed E-state index contributed by atoms with van der Waals surface area (Å²) in [5.41, 5.74) is 10.6. The largest absolute Gasteiger partial charge is 0.383 e. The second-order valence-electron chi connectivity index (χ2n) is 5.57. The van der Waals surface area contributed by atoms with Crippen LogP contribution in [0.5, 0.6) is 0 Å². The van der Waals surface area contributed by atoms with Gasteiger partial charge in [-0.25, -0.2) is 9.97 Å². The summed E-state index contributed by atoms with van der Waals surface area (Å²) in [5.74, 6) is 2.27. The normalized spacial score (nSPS) is 10.7. The summed E-state index contributed by atoms with van der Waals surface area (Å²) < 4.78 is 0. The van der Waals surface area contributed by atoms with Gasteiger partial charge in [0, 0.05) is 24.7 Å². The van der Waals surface area contributed by atoms with Gasteiger partial charge in [-0.3, -0.25) is 0 Å². The fourth-order valence-electron chi connectivity index (χ4n) is 2.53. The molecule has 112 valence electrons. The third-order valence-electron chi connectivity index (χ3n) is 3.71. The average Bonchev–Trinajstić information content (AvgIpc) is 2.42. The molecule has 2 aromatic rings. The van der Waals surface area contributed by atoms with Gasteiger partial charge in [-0.05, 0) is 38.8 Å². The van der Waals surface area contributed by atoms with Crippen molar-refractivity contribution in [3.8, 4) is 0 Å². The van der Waals surface area contributed by atoms with Crippen molar-refractivity contribution in [2.75, 3.05) is 17.7 Å². The molecule has 0 spiro atoms. The Bertz CT molecular complexity index is 649. The van der Waals surface area contributed by atoms with E-state index in [-0.39, 0.29) is 0 Å². The van der Waals surface area contributed by atoms with Crippen LogP contribution in [0.15, 0.2) is 18.2 Å². The van der Waals surface area contributed by atoms with Crippen LogP contribution in [0.3, 0.4) is 0 Å². The van der Waals surface area contributed by atoms with Gasteiger partial charge in [-0.2, -0.15) is 0 Å². The molecule has 4 nitrogen and oxygen atoms in total. The molecule has 0 fully saturated rings. The van der Waals surface area contributed by atoms with Crippen molar-refractivity contribution in [3.05, 3.63) is 40.7 Å². The van der Waals surface area contributed by atoms with Crippen LogP contribution < -0.4 is 10.6 Å². The van der Waals surface area contributed by atoms with E-state index in [1.54, 1.807) is 0 Å². The van der Waals surface area contributed by atoms with E-state index in [0.717, 1.165) is 35.7 Å². The van der Waals surface area contributed by atoms with Gasteiger partial charge in [0.05, 0.1) is 0 Å². The van der Waals surface area contributed by atoms with Crippen LogP contribution in [-0.2, 0) is 6.42 Å². The summed E-state index contributed by atoms with van der Waals surface area (Å²) in [4.78, 5) is 11.2. The Kier molecular flexibility index (Phi) is 4.46. The van der Waals surface area contributed by atoms with Crippen LogP contribution in [0.25, 0.3) is 0 Å². The monoisotopic (exact) mass is 284 g/mol. The molecule has 0 aliphatic rings. The Morgan fingerprint density at radius 3 is 2.48 bits per heavy atom. The lowest BCUT2D eigenvalue weighted by molar-refractivity contribution is 0.829. The maximum Gasteiger partial charge on any atom is 0.141 e. The third kappa shape index (κ3) is 3.15. The number of hydrogen-bond donors (Lipinski definition) is 1. The molecule has 0 atom stereocenters. The van der Waals surface area contributed by atoms with Crippen molar-refractivity contribution in [1.29, 1.82) is 0 Å². The smallest absolute Gasteiger partial charge is 0.141 e. The standard InChI is InChI=1S/C17H24N4/c1-6-7-15-19-16(18)13(4)17(20-15)21(5)14-9-8-11(2)10-12(14)3/h8-10H,6-7H2,1-5H3,(H2,18,19,20). The first-order chi connectivity index (χ1) is 9.93. The summed E-state index contributed by atoms with van der Waals surface area (Å²) >= 11 is 0. The van der Waals surface area contributed by atoms with Crippen LogP contribution in [0.1, 0.15) is 35.9 Å². The lowest BCUT2D eigenvalue weighted by atomic mass is 10.1. The summed E-state index contributed by atoms with van der Waals surface area (Å²) in [5, 5.41) is 0. The van der Waals surface area contributed by atoms with Crippen LogP contribution >= 0.6 is 0 Å². The molecule has 1 aromatic heterocycles. The summed E-state index contributed by atoms with van der Waals surface area (Å²) in [7, 11) is 2.03. The molecule has 0 radical (unpaired) electrons. The molecule has 2 N–H and O–H groups in total. The van der Waals surface area contributed by atoms with Gasteiger partial charge in [0.2, 0.25) is 0 Å². The number of rotatable bonds is 4. The SMILES string of the molecule is CCCc1nc(N)c(C)c(N(C)c2ccc(C)cc2C)n1. The highest BCUT2D eigenvalue weighted by molar-refractivity contribution is 5.68. The lowest BCUT2D eigenvalue weighted by Crippen LogP contribution is -2.17. The molecule has 0 aliphatic carbocycles. The predicted molar refractivity (Wildman–Crippen MR) is 89.2 cm³/mol. The van der Waals surface area contributed by atoms with Crippen LogP contribution in [-0.4, -0.2) is 17.0 Å². The molecule has 21 heavy (non-hydrogen) atoms. The van der Waals surface area contributed by atoms with Gasteiger partial charge in [-0.15, -0.1) is 0 Å². The van der Waals surface area contributed by atoms with Crippen molar-refractivity contribution in [3.63, 3.8) is 0 Å². The first-order valence-corrected chi connectivity index (χ1v) is 7.38. The molecule has 4 heteroatoms. The minimum absolute atomic E-state index is 0.570. The minimum Gasteiger partial charge on any atom is -0.383 e. The molecule has 0 unspecified atom stereocenters. The van der Waals surface area contributed by atoms with E-state index < -0.39 is 0 Å². The quantitative estimate of drug-likeness (QED) is 0.930. The molecule has 1 aromatic carbocycles. The third-order valence-corrected chi connectivity index (χ3v) is 3.71. The highest BCUT2D eigenvalue weighted by Crippen LogP contribution is 2.30. The van der Waals surface area contributed by atoms with E-state index in [4.69, 9.17) is 10.7 Å². The number of aromatic nitrogens is 2. The summed E-state index contributed by atoms with van der Waals surface area (Å²) in [6, 6.07) is 6.42. The van der Waals surface area contributed by atoms with Crippen molar-refractivity contribution >= 4 is 17.3 Å². The van der Waals surface area contributed by atoms with E-state index >= 15 is 0 Å². The fraction of sp³-hybridized carbons (Fsp3) is 0.412. The Hall–Kier alpha value is -2.10. The van der Waals surface area contributed by atoms with Gasteiger partial charge in [0.1, 0.15) is 17.5 Å². The first kappa shape index (κ1) is 15.3. The molecule has 0 bridgehead atoms. The zero-order chi connectivity index (χ0) is 15.6. The number of nitrogen functional groups attached to an aromatic ring is 1. The number of benzene rings is 1. The van der Waals surface area contributed by atoms with Gasteiger partial charge < -0.3 is 10.6 Å². The fourth-order valence-corrected chi connectivity index (χ4v) is 2.53. The highest BCUT2D eigenvalue weighted by Gasteiger charge is 2.15. The molecule has 2 rings (SSSR count). The first-order valence-electron chi connectivity index (χ1n) is 7.38. The second-order valence-corrected chi connectivity index (χ2v) is 5.57. The van der Waals surface area contributed by atoms with E-state index in [9.17, 15) is 0 Å². The second kappa shape index (κ2) is 6.12. The number of nitrogens with two attached hydrogens (primary N) is 1. The maximum absolute atomic E-state index is 6.05. The molecule has 0 saturated carbocycles. The lowest BCUT2D eigenvalue weighted by Gasteiger charge is -2.23. The van der Waals surface area contributed by atoms with Gasteiger partial charge >= 0.3 is 0 Å². The Morgan fingerprint density at radius 2 is 1.86 bits per heavy atom. The van der Waals surface area contributed by atoms with Gasteiger partial charge in [0.25, 0.3) is 0 Å². The van der Waals surface area contributed by atoms with Crippen molar-refractivity contribution < 1.29 is 0 Å². The maximum atomic E-state index is 6.05. The molecule has 0 amide bonds. The Labute approximate surface area is 127 Å². The van der Waals surface area contributed by atoms with E-state index in [1.807, 2.05) is 14.0 Å². The molecular formula is C17H24N4. The van der Waals surface area contributed by atoms with Gasteiger partial charge in [0.15, 0.2) is 0 Å². The molecule has 0 aliphatic heterocycles. The number of nitrogens with zero attached hydrogens (tertiary/aromatic N) is 3. The highest BCUT2D eigenvalue weighted by atomic mass is 15.2. The Balaban J connectivity index is 2.49. The number of hydrogen-bond acceptors (Lipinski definition) is 4. The number of aryl methyl sites for hydroxylation is 3. The zero-order valence-corrected chi connectivity index (χ0v) is 13.6. The zero-order valence-electron chi connectivity index (χ0n) is 13.6. The number of anilines is 3. The minimum atomic E-state index is 0.570. The molecular weight excluding hydrogens is 260 g/mol. The molecule has 1 heterocycles. The van der Waals surface area contributed by atoms with E-state index in [0.29, 0.717) is 5.82 Å². The van der Waals surface area contributed by atoms with Crippen molar-refractivity contribution in [2.45, 2.75) is 40.5 Å². The van der Waals surface area contributed by atoms with Crippen molar-refractivity contribution in [1.82, 2.24) is 9.97 Å². The van der Waals surface area contributed by atoms with Crippen LogP contribution in [0, 0.1) is 20.8 Å². The summed E-state index contributed by atoms with van der Waals surface area (Å²) in [6.45, 7) is 8.31. The Morgan fingerprint density at radius 1 is 1.14 bits per heavy atom. The average molecular weight is 284 g/mol.